The van der Waals surface area contributed by atoms with Crippen molar-refractivity contribution in [1.82, 2.24) is 0 Å². The average molecular weight is 205 g/mol. The minimum atomic E-state index is 0.249. The molecule has 1 aliphatic rings. The molecule has 0 aliphatic heterocycles. The van der Waals surface area contributed by atoms with Crippen LogP contribution >= 0.6 is 0 Å². The topological polar surface area (TPSA) is 23.8 Å². The van der Waals surface area contributed by atoms with E-state index in [1.54, 1.807) is 0 Å². The van der Waals surface area contributed by atoms with Crippen LogP contribution in [-0.4, -0.2) is 0 Å². The van der Waals surface area contributed by atoms with Gasteiger partial charge >= 0.3 is 0 Å². The summed E-state index contributed by atoms with van der Waals surface area (Å²) in [5.41, 5.74) is 1.97. The Morgan fingerprint density at radius 1 is 1.33 bits per heavy atom. The lowest BCUT2D eigenvalue weighted by Gasteiger charge is -2.40. The van der Waals surface area contributed by atoms with Gasteiger partial charge in [-0.1, -0.05) is 45.8 Å². The van der Waals surface area contributed by atoms with Crippen LogP contribution in [-0.2, 0) is 0 Å². The van der Waals surface area contributed by atoms with Crippen molar-refractivity contribution in [3.05, 3.63) is 11.6 Å². The Balaban J connectivity index is 3.02. The van der Waals surface area contributed by atoms with Crippen molar-refractivity contribution in [2.24, 2.45) is 10.8 Å². The first kappa shape index (κ1) is 12.3. The third-order valence-electron chi connectivity index (χ3n) is 4.40. The second kappa shape index (κ2) is 4.39. The highest BCUT2D eigenvalue weighted by Crippen LogP contribution is 2.57. The van der Waals surface area contributed by atoms with Crippen LogP contribution in [0.1, 0.15) is 59.8 Å². The molecule has 1 rings (SSSR count). The molecule has 1 atom stereocenters. The van der Waals surface area contributed by atoms with Gasteiger partial charge in [0.1, 0.15) is 0 Å². The van der Waals surface area contributed by atoms with E-state index in [9.17, 15) is 0 Å². The SMILES string of the molecule is CCC=C(CC#N)C1(C)CCCC1(C)C. The van der Waals surface area contributed by atoms with E-state index in [1.807, 2.05) is 0 Å². The van der Waals surface area contributed by atoms with Crippen molar-refractivity contribution in [2.45, 2.75) is 59.8 Å². The first-order valence-electron chi connectivity index (χ1n) is 6.04. The Morgan fingerprint density at radius 2 is 2.00 bits per heavy atom. The smallest absolute Gasteiger partial charge is 0.0666 e. The van der Waals surface area contributed by atoms with Crippen molar-refractivity contribution >= 4 is 0 Å². The van der Waals surface area contributed by atoms with E-state index >= 15 is 0 Å². The van der Waals surface area contributed by atoms with Gasteiger partial charge in [0.05, 0.1) is 12.5 Å². The van der Waals surface area contributed by atoms with Crippen molar-refractivity contribution in [1.29, 1.82) is 5.26 Å². The normalized spacial score (nSPS) is 30.2. The number of nitriles is 1. The molecule has 1 aliphatic carbocycles. The Bertz CT molecular complexity index is 293. The lowest BCUT2D eigenvalue weighted by molar-refractivity contribution is 0.174. The molecule has 0 radical (unpaired) electrons. The molecule has 0 saturated heterocycles. The molecule has 0 spiro atoms. The fourth-order valence-corrected chi connectivity index (χ4v) is 2.92. The predicted octanol–water partition coefficient (Wildman–Crippen LogP) is 4.45. The van der Waals surface area contributed by atoms with Gasteiger partial charge in [-0.2, -0.15) is 5.26 Å². The van der Waals surface area contributed by atoms with E-state index in [4.69, 9.17) is 5.26 Å². The second-order valence-corrected chi connectivity index (χ2v) is 5.54. The molecule has 1 heteroatoms. The lowest BCUT2D eigenvalue weighted by atomic mass is 9.64. The molecular weight excluding hydrogens is 182 g/mol. The van der Waals surface area contributed by atoms with Gasteiger partial charge in [0, 0.05) is 0 Å². The van der Waals surface area contributed by atoms with E-state index in [0.717, 1.165) is 6.42 Å². The van der Waals surface area contributed by atoms with E-state index < -0.39 is 0 Å². The van der Waals surface area contributed by atoms with Crippen LogP contribution in [0.15, 0.2) is 11.6 Å². The Kier molecular flexibility index (Phi) is 3.60. The fourth-order valence-electron chi connectivity index (χ4n) is 2.92. The Labute approximate surface area is 94.2 Å². The maximum Gasteiger partial charge on any atom is 0.0666 e. The molecule has 1 saturated carbocycles. The van der Waals surface area contributed by atoms with Gasteiger partial charge in [-0.25, -0.2) is 0 Å². The van der Waals surface area contributed by atoms with Gasteiger partial charge < -0.3 is 0 Å². The quantitative estimate of drug-likeness (QED) is 0.624. The minimum absolute atomic E-state index is 0.249. The summed E-state index contributed by atoms with van der Waals surface area (Å²) >= 11 is 0. The minimum Gasteiger partial charge on any atom is -0.198 e. The number of hydrogen-bond acceptors (Lipinski definition) is 1. The van der Waals surface area contributed by atoms with Crippen LogP contribution in [0, 0.1) is 22.2 Å². The van der Waals surface area contributed by atoms with Gasteiger partial charge in [-0.05, 0) is 30.1 Å². The molecule has 0 amide bonds. The zero-order valence-electron chi connectivity index (χ0n) is 10.6. The monoisotopic (exact) mass is 205 g/mol. The van der Waals surface area contributed by atoms with Gasteiger partial charge in [0.2, 0.25) is 0 Å². The highest BCUT2D eigenvalue weighted by molar-refractivity contribution is 5.22. The number of nitrogens with zero attached hydrogens (tertiary/aromatic N) is 1. The molecule has 15 heavy (non-hydrogen) atoms. The predicted molar refractivity (Wildman–Crippen MR) is 64.3 cm³/mol. The summed E-state index contributed by atoms with van der Waals surface area (Å²) in [7, 11) is 0. The molecule has 0 heterocycles. The highest BCUT2D eigenvalue weighted by atomic mass is 14.5. The van der Waals surface area contributed by atoms with Crippen LogP contribution < -0.4 is 0 Å². The van der Waals surface area contributed by atoms with Crippen molar-refractivity contribution in [2.75, 3.05) is 0 Å². The molecule has 0 N–H and O–H groups in total. The first-order valence-corrected chi connectivity index (χ1v) is 6.04. The van der Waals surface area contributed by atoms with Crippen LogP contribution in [0.3, 0.4) is 0 Å². The number of hydrogen-bond donors (Lipinski definition) is 0. The average Bonchev–Trinajstić information content (AvgIpc) is 2.42. The summed E-state index contributed by atoms with van der Waals surface area (Å²) in [6.45, 7) is 9.20. The van der Waals surface area contributed by atoms with Crippen molar-refractivity contribution in [3.8, 4) is 6.07 Å². The molecule has 0 aromatic rings. The van der Waals surface area contributed by atoms with E-state index in [-0.39, 0.29) is 5.41 Å². The summed E-state index contributed by atoms with van der Waals surface area (Å²) in [6, 6.07) is 2.32. The maximum atomic E-state index is 8.92. The summed E-state index contributed by atoms with van der Waals surface area (Å²) < 4.78 is 0. The van der Waals surface area contributed by atoms with Crippen molar-refractivity contribution < 1.29 is 0 Å². The summed E-state index contributed by atoms with van der Waals surface area (Å²) in [5.74, 6) is 0. The zero-order valence-corrected chi connectivity index (χ0v) is 10.6. The van der Waals surface area contributed by atoms with E-state index in [0.29, 0.717) is 11.8 Å². The third-order valence-corrected chi connectivity index (χ3v) is 4.40. The third kappa shape index (κ3) is 2.09. The molecular formula is C14H23N. The summed E-state index contributed by atoms with van der Waals surface area (Å²) in [4.78, 5) is 0. The highest BCUT2D eigenvalue weighted by Gasteiger charge is 2.46. The molecule has 0 aromatic carbocycles. The van der Waals surface area contributed by atoms with Gasteiger partial charge in [-0.3, -0.25) is 0 Å². The zero-order chi connectivity index (χ0) is 11.5. The van der Waals surface area contributed by atoms with E-state index in [1.165, 1.54) is 24.8 Å². The van der Waals surface area contributed by atoms with Crippen LogP contribution in [0.4, 0.5) is 0 Å². The lowest BCUT2D eigenvalue weighted by Crippen LogP contribution is -2.31. The Hall–Kier alpha value is -0.770. The number of allylic oxidation sites excluding steroid dienone is 2. The summed E-state index contributed by atoms with van der Waals surface area (Å²) in [6.07, 6.45) is 7.76. The van der Waals surface area contributed by atoms with Crippen LogP contribution in [0.5, 0.6) is 0 Å². The molecule has 1 nitrogen and oxygen atoms in total. The van der Waals surface area contributed by atoms with E-state index in [2.05, 4.69) is 39.8 Å². The first-order chi connectivity index (χ1) is 6.98. The van der Waals surface area contributed by atoms with Crippen LogP contribution in [0.25, 0.3) is 0 Å². The standard InChI is InChI=1S/C14H23N/c1-5-7-12(8-11-15)14(4)10-6-9-13(14,2)3/h7H,5-6,8-10H2,1-4H3. The largest absolute Gasteiger partial charge is 0.198 e. The van der Waals surface area contributed by atoms with Gasteiger partial charge in [0.25, 0.3) is 0 Å². The van der Waals surface area contributed by atoms with Gasteiger partial charge in [0.15, 0.2) is 0 Å². The Morgan fingerprint density at radius 3 is 2.40 bits per heavy atom. The van der Waals surface area contributed by atoms with Crippen LogP contribution in [0.2, 0.25) is 0 Å². The van der Waals surface area contributed by atoms with Gasteiger partial charge in [-0.15, -0.1) is 0 Å². The fraction of sp³-hybridized carbons (Fsp3) is 0.786. The molecule has 0 aromatic heterocycles. The molecule has 0 bridgehead atoms. The molecule has 1 fully saturated rings. The van der Waals surface area contributed by atoms with Crippen molar-refractivity contribution in [3.63, 3.8) is 0 Å². The maximum absolute atomic E-state index is 8.92. The summed E-state index contributed by atoms with van der Waals surface area (Å²) in [5, 5.41) is 8.92. The number of rotatable bonds is 3. The molecule has 84 valence electrons. The second-order valence-electron chi connectivity index (χ2n) is 5.54. The molecule has 1 unspecified atom stereocenters.